The fraction of sp³-hybridized carbons (Fsp3) is 0.343. The second kappa shape index (κ2) is 14.1. The van der Waals surface area contributed by atoms with Crippen LogP contribution in [0.15, 0.2) is 77.7 Å². The molecule has 0 bridgehead atoms. The van der Waals surface area contributed by atoms with Crippen molar-refractivity contribution in [2.75, 3.05) is 40.4 Å². The summed E-state index contributed by atoms with van der Waals surface area (Å²) in [6.07, 6.45) is 3.84. The number of carbonyl (C=O) groups is 1. The molecule has 0 unspecified atom stereocenters. The van der Waals surface area contributed by atoms with E-state index in [1.54, 1.807) is 7.11 Å². The molecule has 0 radical (unpaired) electrons. The number of methoxy groups -OCH3 is 1. The Hall–Kier alpha value is -3.52. The lowest BCUT2D eigenvalue weighted by molar-refractivity contribution is 0.104. The van der Waals surface area contributed by atoms with Crippen molar-refractivity contribution >= 4 is 28.5 Å². The summed E-state index contributed by atoms with van der Waals surface area (Å²) in [7, 11) is 3.54. The molecular weight excluding hydrogens is 544 g/mol. The van der Waals surface area contributed by atoms with Gasteiger partial charge >= 0.3 is 0 Å². The van der Waals surface area contributed by atoms with Gasteiger partial charge in [0.05, 0.1) is 13.2 Å². The fourth-order valence-corrected chi connectivity index (χ4v) is 6.02. The van der Waals surface area contributed by atoms with Gasteiger partial charge in [-0.3, -0.25) is 14.4 Å². The minimum atomic E-state index is -0.0511. The zero-order chi connectivity index (χ0) is 29.5. The van der Waals surface area contributed by atoms with E-state index in [4.69, 9.17) is 14.2 Å². The molecule has 4 aromatic rings. The Balaban J connectivity index is 1.50. The number of nitrogens with zero attached hydrogens (tertiary/aromatic N) is 1. The molecule has 7 heteroatoms. The van der Waals surface area contributed by atoms with Crippen LogP contribution >= 0.6 is 11.9 Å². The molecular formula is C35H40N2O4S. The standard InChI is InChI=1S/C35H40N2O4S/c1-24(2)41-33-23-29(42-36-3)14-17-31(33)32-15-10-26-22-28(39-4)13-16-30(26)34(32)35(38)25-8-11-27(12-9-25)40-21-20-37-18-6-5-7-19-37/h8-17,22-24,36H,5-7,18-21H2,1-4H3. The topological polar surface area (TPSA) is 60.0 Å². The molecule has 1 aliphatic rings. The maximum Gasteiger partial charge on any atom is 0.194 e. The van der Waals surface area contributed by atoms with Gasteiger partial charge in [-0.05, 0) is 136 Å². The molecule has 220 valence electrons. The molecule has 0 amide bonds. The minimum absolute atomic E-state index is 0.0232. The van der Waals surface area contributed by atoms with Crippen LogP contribution in [-0.2, 0) is 0 Å². The molecule has 1 fully saturated rings. The Kier molecular flexibility index (Phi) is 10.1. The normalized spacial score (nSPS) is 13.8. The Morgan fingerprint density at radius 1 is 0.905 bits per heavy atom. The molecule has 42 heavy (non-hydrogen) atoms. The van der Waals surface area contributed by atoms with Gasteiger partial charge in [0.15, 0.2) is 5.78 Å². The number of nitrogens with one attached hydrogen (secondary N) is 1. The van der Waals surface area contributed by atoms with E-state index < -0.39 is 0 Å². The van der Waals surface area contributed by atoms with Crippen LogP contribution < -0.4 is 18.9 Å². The number of ketones is 1. The number of hydrogen-bond acceptors (Lipinski definition) is 7. The lowest BCUT2D eigenvalue weighted by Gasteiger charge is -2.26. The first kappa shape index (κ1) is 30.0. The average molecular weight is 585 g/mol. The molecule has 5 rings (SSSR count). The number of carbonyl (C=O) groups excluding carboxylic acids is 1. The van der Waals surface area contributed by atoms with Crippen molar-refractivity contribution in [3.63, 3.8) is 0 Å². The van der Waals surface area contributed by atoms with Crippen LogP contribution in [0.5, 0.6) is 17.2 Å². The number of likely N-dealkylation sites (tertiary alicyclic amines) is 1. The molecule has 1 N–H and O–H groups in total. The van der Waals surface area contributed by atoms with E-state index in [1.165, 1.54) is 31.2 Å². The molecule has 1 aliphatic heterocycles. The van der Waals surface area contributed by atoms with Crippen LogP contribution in [0.3, 0.4) is 0 Å². The van der Waals surface area contributed by atoms with E-state index in [0.29, 0.717) is 17.7 Å². The minimum Gasteiger partial charge on any atom is -0.497 e. The fourth-order valence-electron chi connectivity index (χ4n) is 5.48. The van der Waals surface area contributed by atoms with E-state index in [0.717, 1.165) is 63.7 Å². The zero-order valence-electron chi connectivity index (χ0n) is 24.9. The van der Waals surface area contributed by atoms with Gasteiger partial charge in [0.2, 0.25) is 0 Å². The third-order valence-corrected chi connectivity index (χ3v) is 8.22. The van der Waals surface area contributed by atoms with Crippen molar-refractivity contribution in [1.82, 2.24) is 9.62 Å². The number of hydrogen-bond donors (Lipinski definition) is 1. The second-order valence-corrected chi connectivity index (χ2v) is 11.9. The molecule has 0 aliphatic carbocycles. The van der Waals surface area contributed by atoms with Gasteiger partial charge in [0, 0.05) is 28.1 Å². The Morgan fingerprint density at radius 2 is 1.64 bits per heavy atom. The highest BCUT2D eigenvalue weighted by Crippen LogP contribution is 2.40. The van der Waals surface area contributed by atoms with Gasteiger partial charge in [0.1, 0.15) is 23.9 Å². The molecule has 0 saturated carbocycles. The largest absolute Gasteiger partial charge is 0.497 e. The van der Waals surface area contributed by atoms with Crippen molar-refractivity contribution in [3.8, 4) is 28.4 Å². The lowest BCUT2D eigenvalue weighted by atomic mass is 9.89. The zero-order valence-corrected chi connectivity index (χ0v) is 25.8. The first-order valence-corrected chi connectivity index (χ1v) is 15.5. The summed E-state index contributed by atoms with van der Waals surface area (Å²) in [5.41, 5.74) is 2.95. The highest BCUT2D eigenvalue weighted by atomic mass is 32.2. The first-order valence-electron chi connectivity index (χ1n) is 14.7. The van der Waals surface area contributed by atoms with Crippen LogP contribution in [0, 0.1) is 0 Å². The smallest absolute Gasteiger partial charge is 0.194 e. The summed E-state index contributed by atoms with van der Waals surface area (Å²) < 4.78 is 20.9. The van der Waals surface area contributed by atoms with E-state index in [1.807, 2.05) is 93.7 Å². The van der Waals surface area contributed by atoms with Crippen molar-refractivity contribution in [2.24, 2.45) is 0 Å². The summed E-state index contributed by atoms with van der Waals surface area (Å²) in [6.45, 7) is 7.89. The van der Waals surface area contributed by atoms with Crippen molar-refractivity contribution in [1.29, 1.82) is 0 Å². The van der Waals surface area contributed by atoms with Gasteiger partial charge in [0.25, 0.3) is 0 Å². The SMILES string of the molecule is CNSc1ccc(-c2ccc3cc(OC)ccc3c2C(=O)c2ccc(OCCN3CCCCC3)cc2)c(OC(C)C)c1. The summed E-state index contributed by atoms with van der Waals surface area (Å²) in [5, 5.41) is 1.80. The number of ether oxygens (including phenoxy) is 3. The highest BCUT2D eigenvalue weighted by molar-refractivity contribution is 7.97. The predicted molar refractivity (Wildman–Crippen MR) is 172 cm³/mol. The van der Waals surface area contributed by atoms with Crippen molar-refractivity contribution in [2.45, 2.75) is 44.1 Å². The van der Waals surface area contributed by atoms with Crippen molar-refractivity contribution in [3.05, 3.63) is 83.9 Å². The average Bonchev–Trinajstić information content (AvgIpc) is 3.01. The summed E-state index contributed by atoms with van der Waals surface area (Å²) >= 11 is 1.52. The third kappa shape index (κ3) is 7.09. The van der Waals surface area contributed by atoms with Crippen molar-refractivity contribution < 1.29 is 19.0 Å². The summed E-state index contributed by atoms with van der Waals surface area (Å²) in [4.78, 5) is 17.8. The van der Waals surface area contributed by atoms with Gasteiger partial charge in [-0.1, -0.05) is 18.6 Å². The highest BCUT2D eigenvalue weighted by Gasteiger charge is 2.22. The quantitative estimate of drug-likeness (QED) is 0.136. The first-order chi connectivity index (χ1) is 20.5. The molecule has 0 aromatic heterocycles. The molecule has 1 saturated heterocycles. The summed E-state index contributed by atoms with van der Waals surface area (Å²) in [5.74, 6) is 2.21. The van der Waals surface area contributed by atoms with Crippen LogP contribution in [-0.4, -0.2) is 57.2 Å². The number of fused-ring (bicyclic) bond motifs is 1. The third-order valence-electron chi connectivity index (χ3n) is 7.52. The maximum atomic E-state index is 14.3. The second-order valence-electron chi connectivity index (χ2n) is 10.8. The Labute approximate surface area is 253 Å². The van der Waals surface area contributed by atoms with Crippen LogP contribution in [0.4, 0.5) is 0 Å². The van der Waals surface area contributed by atoms with Gasteiger partial charge in [-0.25, -0.2) is 0 Å². The lowest BCUT2D eigenvalue weighted by Crippen LogP contribution is -2.33. The molecule has 6 nitrogen and oxygen atoms in total. The van der Waals surface area contributed by atoms with Gasteiger partial charge < -0.3 is 14.2 Å². The molecule has 1 heterocycles. The maximum absolute atomic E-state index is 14.3. The van der Waals surface area contributed by atoms with Crippen LogP contribution in [0.25, 0.3) is 21.9 Å². The molecule has 4 aromatic carbocycles. The Morgan fingerprint density at radius 3 is 2.36 bits per heavy atom. The van der Waals surface area contributed by atoms with E-state index in [-0.39, 0.29) is 11.9 Å². The van der Waals surface area contributed by atoms with Crippen LogP contribution in [0.2, 0.25) is 0 Å². The van der Waals surface area contributed by atoms with E-state index in [2.05, 4.69) is 9.62 Å². The predicted octanol–water partition coefficient (Wildman–Crippen LogP) is 7.62. The molecule has 0 spiro atoms. The number of rotatable bonds is 12. The number of benzene rings is 4. The van der Waals surface area contributed by atoms with Gasteiger partial charge in [-0.2, -0.15) is 0 Å². The summed E-state index contributed by atoms with van der Waals surface area (Å²) in [6, 6.07) is 23.5. The monoisotopic (exact) mass is 584 g/mol. The molecule has 0 atom stereocenters. The Bertz CT molecular complexity index is 1510. The van der Waals surface area contributed by atoms with Crippen LogP contribution in [0.1, 0.15) is 49.0 Å². The van der Waals surface area contributed by atoms with E-state index in [9.17, 15) is 4.79 Å². The van der Waals surface area contributed by atoms with E-state index >= 15 is 0 Å². The van der Waals surface area contributed by atoms with Gasteiger partial charge in [-0.15, -0.1) is 0 Å². The number of piperidine rings is 1.